The number of aryl methyl sites for hydroxylation is 1. The third kappa shape index (κ3) is 6.45. The van der Waals surface area contributed by atoms with Gasteiger partial charge in [-0.3, -0.25) is 4.68 Å². The lowest BCUT2D eigenvalue weighted by atomic mass is 10.1. The van der Waals surface area contributed by atoms with Crippen molar-refractivity contribution in [1.82, 2.24) is 39.2 Å². The highest BCUT2D eigenvalue weighted by molar-refractivity contribution is 7.90. The van der Waals surface area contributed by atoms with E-state index in [4.69, 9.17) is 5.11 Å². The van der Waals surface area contributed by atoms with Crippen LogP contribution in [0.2, 0.25) is 0 Å². The number of pyridine rings is 1. The van der Waals surface area contributed by atoms with E-state index in [1.54, 1.807) is 30.9 Å². The number of hydrogen-bond acceptors (Lipinski definition) is 10. The molecular weight excluding hydrogens is 525 g/mol. The van der Waals surface area contributed by atoms with Crippen LogP contribution in [0.4, 0.5) is 16.0 Å². The molecule has 0 spiro atoms. The second-order valence-corrected chi connectivity index (χ2v) is 10.9. The lowest BCUT2D eigenvalue weighted by Gasteiger charge is -2.10. The fraction of sp³-hybridized carbons (Fsp3) is 0.320. The maximum absolute atomic E-state index is 12.5. The summed E-state index contributed by atoms with van der Waals surface area (Å²) < 4.78 is 39.9. The zero-order valence-electron chi connectivity index (χ0n) is 20.8. The molecule has 5 rings (SSSR count). The molecule has 14 heteroatoms. The molecule has 0 amide bonds. The number of nitrogens with one attached hydrogen (secondary N) is 2. The van der Waals surface area contributed by atoms with Gasteiger partial charge in [-0.15, -0.1) is 0 Å². The second kappa shape index (κ2) is 11.7. The predicted molar refractivity (Wildman–Crippen MR) is 141 cm³/mol. The lowest BCUT2D eigenvalue weighted by Crippen LogP contribution is -2.18. The molecule has 4 aromatic heterocycles. The Kier molecular flexibility index (Phi) is 7.92. The molecule has 1 aliphatic rings. The van der Waals surface area contributed by atoms with Crippen molar-refractivity contribution in [2.24, 2.45) is 0 Å². The van der Waals surface area contributed by atoms with Crippen LogP contribution in [0.15, 0.2) is 49.3 Å². The van der Waals surface area contributed by atoms with Crippen LogP contribution < -0.4 is 10.6 Å². The van der Waals surface area contributed by atoms with E-state index in [1.807, 2.05) is 6.07 Å². The minimum atomic E-state index is -3.48. The predicted octanol–water partition coefficient (Wildman–Crippen LogP) is 1.47. The maximum Gasteiger partial charge on any atom is 0.256 e. The average Bonchev–Trinajstić information content (AvgIpc) is 3.51. The molecule has 1 fully saturated rings. The highest BCUT2D eigenvalue weighted by Crippen LogP contribution is 2.30. The van der Waals surface area contributed by atoms with Crippen LogP contribution in [0.3, 0.4) is 0 Å². The zero-order valence-corrected chi connectivity index (χ0v) is 21.6. The molecule has 0 saturated heterocycles. The summed E-state index contributed by atoms with van der Waals surface area (Å²) in [5.74, 6) is 7.39. The molecule has 0 radical (unpaired) electrons. The van der Waals surface area contributed by atoms with Crippen molar-refractivity contribution in [2.45, 2.75) is 31.2 Å². The van der Waals surface area contributed by atoms with Gasteiger partial charge in [0.25, 0.3) is 10.0 Å². The van der Waals surface area contributed by atoms with Crippen molar-refractivity contribution in [3.8, 4) is 23.2 Å². The maximum atomic E-state index is 12.5. The van der Waals surface area contributed by atoms with Crippen molar-refractivity contribution in [3.05, 3.63) is 66.0 Å². The number of rotatable bonds is 11. The van der Waals surface area contributed by atoms with Crippen molar-refractivity contribution in [3.63, 3.8) is 0 Å². The van der Waals surface area contributed by atoms with E-state index in [0.717, 1.165) is 9.65 Å². The SMILES string of the molecule is O=S(=O)(C1CC1)n1cc(-c2nccc(Nc3cc(CNCCO)c(C#Cc4cnn(CCF)c4)cn3)n2)cn1. The van der Waals surface area contributed by atoms with Gasteiger partial charge in [0.1, 0.15) is 18.3 Å². The van der Waals surface area contributed by atoms with Gasteiger partial charge < -0.3 is 15.7 Å². The summed E-state index contributed by atoms with van der Waals surface area (Å²) in [6, 6.07) is 3.49. The number of anilines is 2. The Bertz CT molecular complexity index is 1620. The van der Waals surface area contributed by atoms with E-state index in [2.05, 4.69) is 47.6 Å². The summed E-state index contributed by atoms with van der Waals surface area (Å²) in [4.78, 5) is 13.2. The highest BCUT2D eigenvalue weighted by atomic mass is 32.2. The van der Waals surface area contributed by atoms with Crippen molar-refractivity contribution >= 4 is 21.7 Å². The Balaban J connectivity index is 1.35. The summed E-state index contributed by atoms with van der Waals surface area (Å²) in [5, 5.41) is 23.1. The molecule has 202 valence electrons. The van der Waals surface area contributed by atoms with Crippen LogP contribution in [0.25, 0.3) is 11.4 Å². The van der Waals surface area contributed by atoms with Gasteiger partial charge in [-0.2, -0.15) is 14.3 Å². The first-order valence-electron chi connectivity index (χ1n) is 12.3. The Hall–Kier alpha value is -4.19. The molecular formula is C25H26FN9O3S. The Labute approximate surface area is 224 Å². The molecule has 12 nitrogen and oxygen atoms in total. The van der Waals surface area contributed by atoms with Crippen LogP contribution >= 0.6 is 0 Å². The van der Waals surface area contributed by atoms with Gasteiger partial charge >= 0.3 is 0 Å². The van der Waals surface area contributed by atoms with Crippen LogP contribution in [0.5, 0.6) is 0 Å². The number of aliphatic hydroxyl groups excluding tert-OH is 1. The first kappa shape index (κ1) is 26.4. The molecule has 4 heterocycles. The monoisotopic (exact) mass is 551 g/mol. The van der Waals surface area contributed by atoms with Crippen LogP contribution in [0.1, 0.15) is 29.5 Å². The highest BCUT2D eigenvalue weighted by Gasteiger charge is 2.37. The number of aliphatic hydroxyl groups is 1. The number of aromatic nitrogens is 7. The molecule has 1 saturated carbocycles. The van der Waals surface area contributed by atoms with Crippen molar-refractivity contribution in [2.75, 3.05) is 25.1 Å². The molecule has 3 N–H and O–H groups in total. The summed E-state index contributed by atoms with van der Waals surface area (Å²) in [5.41, 5.74) is 2.65. The summed E-state index contributed by atoms with van der Waals surface area (Å²) in [6.07, 6.45) is 10.6. The van der Waals surface area contributed by atoms with E-state index < -0.39 is 16.7 Å². The Morgan fingerprint density at radius 2 is 1.97 bits per heavy atom. The lowest BCUT2D eigenvalue weighted by molar-refractivity contribution is 0.292. The standard InChI is InChI=1S/C25H26FN9O3S/c26-6-9-34-16-18(12-30-34)1-2-19-14-29-24(11-20(19)13-27-8-10-36)32-23-5-7-28-25(33-23)21-15-31-35(17-21)39(37,38)22-3-4-22/h5,7,11-12,14-17,22,27,36H,3-4,6,8-10,13H2,(H,28,29,32,33). The van der Waals surface area contributed by atoms with Crippen LogP contribution in [-0.4, -0.2) is 72.5 Å². The van der Waals surface area contributed by atoms with Gasteiger partial charge in [0.15, 0.2) is 5.82 Å². The normalized spacial score (nSPS) is 13.2. The smallest absolute Gasteiger partial charge is 0.256 e. The molecule has 0 bridgehead atoms. The van der Waals surface area contributed by atoms with Gasteiger partial charge in [0.05, 0.1) is 48.1 Å². The van der Waals surface area contributed by atoms with E-state index in [1.165, 1.54) is 17.1 Å². The molecule has 1 aliphatic carbocycles. The quantitative estimate of drug-likeness (QED) is 0.184. The topological polar surface area (TPSA) is 153 Å². The first-order valence-corrected chi connectivity index (χ1v) is 13.8. The van der Waals surface area contributed by atoms with Gasteiger partial charge in [-0.05, 0) is 30.5 Å². The minimum Gasteiger partial charge on any atom is -0.395 e. The number of halogens is 1. The average molecular weight is 552 g/mol. The minimum absolute atomic E-state index is 0.00673. The molecule has 4 aromatic rings. The van der Waals surface area contributed by atoms with Crippen molar-refractivity contribution in [1.29, 1.82) is 0 Å². The van der Waals surface area contributed by atoms with Gasteiger partial charge in [-0.1, -0.05) is 11.8 Å². The molecule has 0 atom stereocenters. The first-order chi connectivity index (χ1) is 19.0. The Morgan fingerprint density at radius 1 is 1.10 bits per heavy atom. The zero-order chi connectivity index (χ0) is 27.2. The van der Waals surface area contributed by atoms with Gasteiger partial charge in [0.2, 0.25) is 0 Å². The second-order valence-electron chi connectivity index (χ2n) is 8.79. The van der Waals surface area contributed by atoms with Gasteiger partial charge in [0, 0.05) is 37.2 Å². The number of nitrogens with zero attached hydrogens (tertiary/aromatic N) is 7. The third-order valence-corrected chi connectivity index (χ3v) is 7.85. The van der Waals surface area contributed by atoms with E-state index >= 15 is 0 Å². The van der Waals surface area contributed by atoms with Crippen molar-refractivity contribution < 1.29 is 17.9 Å². The fourth-order valence-corrected chi connectivity index (χ4v) is 5.16. The molecule has 39 heavy (non-hydrogen) atoms. The Morgan fingerprint density at radius 3 is 2.77 bits per heavy atom. The molecule has 0 aliphatic heterocycles. The van der Waals surface area contributed by atoms with E-state index in [0.29, 0.717) is 60.1 Å². The van der Waals surface area contributed by atoms with Crippen LogP contribution in [-0.2, 0) is 23.1 Å². The summed E-state index contributed by atoms with van der Waals surface area (Å²) in [6.45, 7) is 0.507. The van der Waals surface area contributed by atoms with Crippen LogP contribution in [0, 0.1) is 11.8 Å². The van der Waals surface area contributed by atoms with E-state index in [-0.39, 0.29) is 18.4 Å². The third-order valence-electron chi connectivity index (χ3n) is 5.82. The number of hydrogen-bond donors (Lipinski definition) is 3. The largest absolute Gasteiger partial charge is 0.395 e. The van der Waals surface area contributed by atoms with E-state index in [9.17, 15) is 12.8 Å². The molecule has 0 aromatic carbocycles. The number of alkyl halides is 1. The fourth-order valence-electron chi connectivity index (χ4n) is 3.68. The summed E-state index contributed by atoms with van der Waals surface area (Å²) in [7, 11) is -3.48. The summed E-state index contributed by atoms with van der Waals surface area (Å²) >= 11 is 0. The molecule has 0 unspecified atom stereocenters. The van der Waals surface area contributed by atoms with Gasteiger partial charge in [-0.25, -0.2) is 27.8 Å².